The number of allylic oxidation sites excluding steroid dienone is 4. The fourth-order valence-corrected chi connectivity index (χ4v) is 2.32. The lowest BCUT2D eigenvalue weighted by Crippen LogP contribution is -1.97. The molecule has 3 heteroatoms. The molecule has 17 heavy (non-hydrogen) atoms. The van der Waals surface area contributed by atoms with Gasteiger partial charge in [0.25, 0.3) is 0 Å². The summed E-state index contributed by atoms with van der Waals surface area (Å²) in [7, 11) is 0. The molecule has 0 saturated carbocycles. The van der Waals surface area contributed by atoms with E-state index < -0.39 is 0 Å². The van der Waals surface area contributed by atoms with E-state index in [1.54, 1.807) is 0 Å². The van der Waals surface area contributed by atoms with Crippen molar-refractivity contribution in [3.8, 4) is 0 Å². The van der Waals surface area contributed by atoms with Crippen LogP contribution in [0.1, 0.15) is 18.7 Å². The van der Waals surface area contributed by atoms with Crippen LogP contribution in [0.5, 0.6) is 0 Å². The van der Waals surface area contributed by atoms with Gasteiger partial charge in [-0.25, -0.2) is 4.98 Å². The molecule has 2 nitrogen and oxygen atoms in total. The number of hydrogen-bond acceptors (Lipinski definition) is 2. The van der Waals surface area contributed by atoms with Crippen LogP contribution in [-0.4, -0.2) is 9.97 Å². The van der Waals surface area contributed by atoms with E-state index in [9.17, 15) is 0 Å². The minimum Gasteiger partial charge on any atom is -0.339 e. The molecule has 2 aromatic rings. The van der Waals surface area contributed by atoms with Gasteiger partial charge in [0.2, 0.25) is 0 Å². The number of rotatable bonds is 1. The normalized spacial score (nSPS) is 14.9. The molecular formula is C14H12N2S. The Bertz CT molecular complexity index is 680. The molecule has 1 aromatic heterocycles. The van der Waals surface area contributed by atoms with Crippen molar-refractivity contribution in [2.24, 2.45) is 0 Å². The number of nitrogens with one attached hydrogen (secondary N) is 1. The first-order chi connectivity index (χ1) is 8.34. The summed E-state index contributed by atoms with van der Waals surface area (Å²) in [5.41, 5.74) is 2.28. The summed E-state index contributed by atoms with van der Waals surface area (Å²) in [6.07, 6.45) is 8.44. The fraction of sp³-hybridized carbons (Fsp3) is 0.143. The largest absolute Gasteiger partial charge is 0.339 e. The number of para-hydroxylation sites is 1. The predicted molar refractivity (Wildman–Crippen MR) is 73.3 cm³/mol. The number of aromatic amines is 1. The molecule has 1 N–H and O–H groups in total. The van der Waals surface area contributed by atoms with Crippen LogP contribution in [0, 0.1) is 4.64 Å². The lowest BCUT2D eigenvalue weighted by molar-refractivity contribution is 1.01. The summed E-state index contributed by atoms with van der Waals surface area (Å²) in [5, 5.41) is 1.01. The Morgan fingerprint density at radius 2 is 2.12 bits per heavy atom. The summed E-state index contributed by atoms with van der Waals surface area (Å²) in [5.74, 6) is 0.901. The Morgan fingerprint density at radius 1 is 1.24 bits per heavy atom. The first-order valence-electron chi connectivity index (χ1n) is 5.70. The summed E-state index contributed by atoms with van der Waals surface area (Å²) < 4.78 is 0.671. The molecule has 1 aromatic carbocycles. The second-order valence-electron chi connectivity index (χ2n) is 4.09. The lowest BCUT2D eigenvalue weighted by atomic mass is 10.0. The molecule has 1 aliphatic rings. The maximum absolute atomic E-state index is 5.33. The molecule has 0 atom stereocenters. The third kappa shape index (κ3) is 1.94. The van der Waals surface area contributed by atoms with E-state index in [1.807, 2.05) is 24.3 Å². The second kappa shape index (κ2) is 4.26. The lowest BCUT2D eigenvalue weighted by Gasteiger charge is -2.09. The molecule has 0 aliphatic heterocycles. The van der Waals surface area contributed by atoms with Crippen molar-refractivity contribution in [1.82, 2.24) is 9.97 Å². The Balaban J connectivity index is 2.22. The molecular weight excluding hydrogens is 228 g/mol. The summed E-state index contributed by atoms with van der Waals surface area (Å²) in [6, 6.07) is 8.03. The average Bonchev–Trinajstić information content (AvgIpc) is 2.40. The zero-order valence-electron chi connectivity index (χ0n) is 9.31. The monoisotopic (exact) mass is 240 g/mol. The minimum atomic E-state index is 0.671. The van der Waals surface area contributed by atoms with Crippen LogP contribution in [0.4, 0.5) is 0 Å². The van der Waals surface area contributed by atoms with Crippen molar-refractivity contribution < 1.29 is 0 Å². The summed E-state index contributed by atoms with van der Waals surface area (Å²) >= 11 is 5.33. The van der Waals surface area contributed by atoms with Crippen molar-refractivity contribution in [2.45, 2.75) is 12.8 Å². The van der Waals surface area contributed by atoms with Crippen molar-refractivity contribution in [2.75, 3.05) is 0 Å². The number of hydrogen-bond donors (Lipinski definition) is 1. The zero-order chi connectivity index (χ0) is 11.7. The van der Waals surface area contributed by atoms with Gasteiger partial charge in [0.05, 0.1) is 0 Å². The van der Waals surface area contributed by atoms with E-state index in [4.69, 9.17) is 12.2 Å². The maximum Gasteiger partial charge on any atom is 0.137 e. The van der Waals surface area contributed by atoms with E-state index in [-0.39, 0.29) is 0 Å². The fourth-order valence-electron chi connectivity index (χ4n) is 2.05. The summed E-state index contributed by atoms with van der Waals surface area (Å²) in [4.78, 5) is 7.84. The van der Waals surface area contributed by atoms with Crippen molar-refractivity contribution in [3.63, 3.8) is 0 Å². The van der Waals surface area contributed by atoms with Gasteiger partial charge in [-0.3, -0.25) is 0 Å². The number of H-pyrrole nitrogens is 1. The molecule has 84 valence electrons. The summed E-state index contributed by atoms with van der Waals surface area (Å²) in [6.45, 7) is 0. The smallest absolute Gasteiger partial charge is 0.137 e. The Labute approximate surface area is 105 Å². The van der Waals surface area contributed by atoms with Gasteiger partial charge >= 0.3 is 0 Å². The molecule has 0 saturated heterocycles. The van der Waals surface area contributed by atoms with Crippen molar-refractivity contribution in [1.29, 1.82) is 0 Å². The first kappa shape index (κ1) is 10.4. The van der Waals surface area contributed by atoms with Crippen LogP contribution in [0.2, 0.25) is 0 Å². The molecule has 0 radical (unpaired) electrons. The van der Waals surface area contributed by atoms with E-state index in [0.29, 0.717) is 4.64 Å². The van der Waals surface area contributed by atoms with E-state index in [0.717, 1.165) is 29.6 Å². The van der Waals surface area contributed by atoms with E-state index in [1.165, 1.54) is 5.57 Å². The van der Waals surface area contributed by atoms with Crippen molar-refractivity contribution >= 4 is 28.7 Å². The van der Waals surface area contributed by atoms with Gasteiger partial charge in [0, 0.05) is 10.9 Å². The molecule has 0 bridgehead atoms. The van der Waals surface area contributed by atoms with Crippen molar-refractivity contribution in [3.05, 3.63) is 53.0 Å². The molecule has 0 unspecified atom stereocenters. The molecule has 3 rings (SSSR count). The second-order valence-corrected chi connectivity index (χ2v) is 4.48. The van der Waals surface area contributed by atoms with Crippen LogP contribution in [-0.2, 0) is 0 Å². The number of aromatic nitrogens is 2. The standard InChI is InChI=1S/C14H12N2S/c17-14-11-8-4-5-9-12(11)15-13(16-14)10-6-2-1-3-7-10/h1-2,4-6,8-9H,3,7H2,(H,15,16,17). The quantitative estimate of drug-likeness (QED) is 0.762. The highest BCUT2D eigenvalue weighted by atomic mass is 32.1. The van der Waals surface area contributed by atoms with E-state index >= 15 is 0 Å². The molecule has 1 heterocycles. The topological polar surface area (TPSA) is 28.7 Å². The van der Waals surface area contributed by atoms with E-state index in [2.05, 4.69) is 28.2 Å². The zero-order valence-corrected chi connectivity index (χ0v) is 10.1. The van der Waals surface area contributed by atoms with Gasteiger partial charge in [-0.15, -0.1) is 0 Å². The molecule has 0 fully saturated rings. The average molecular weight is 240 g/mol. The Kier molecular flexibility index (Phi) is 2.61. The van der Waals surface area contributed by atoms with Gasteiger partial charge in [-0.2, -0.15) is 0 Å². The number of fused-ring (bicyclic) bond motifs is 1. The third-order valence-corrected chi connectivity index (χ3v) is 3.25. The van der Waals surface area contributed by atoms with Gasteiger partial charge in [0.1, 0.15) is 10.5 Å². The Morgan fingerprint density at radius 3 is 2.94 bits per heavy atom. The third-order valence-electron chi connectivity index (χ3n) is 2.94. The van der Waals surface area contributed by atoms with Crippen LogP contribution in [0.15, 0.2) is 42.5 Å². The number of nitrogens with zero attached hydrogens (tertiary/aromatic N) is 1. The SMILES string of the molecule is S=c1nc(C2=CC=CCC2)[nH]c2ccccc12. The van der Waals surface area contributed by atoms with Crippen LogP contribution in [0.25, 0.3) is 16.5 Å². The minimum absolute atomic E-state index is 0.671. The molecule has 0 spiro atoms. The molecule has 0 amide bonds. The van der Waals surface area contributed by atoms with Gasteiger partial charge in [0.15, 0.2) is 0 Å². The van der Waals surface area contributed by atoms with Crippen LogP contribution in [0.3, 0.4) is 0 Å². The Hall–Kier alpha value is -1.74. The van der Waals surface area contributed by atoms with Gasteiger partial charge in [-0.1, -0.05) is 42.6 Å². The van der Waals surface area contributed by atoms with Gasteiger partial charge in [-0.05, 0) is 30.5 Å². The first-order valence-corrected chi connectivity index (χ1v) is 6.10. The highest BCUT2D eigenvalue weighted by Gasteiger charge is 2.07. The van der Waals surface area contributed by atoms with Crippen LogP contribution < -0.4 is 0 Å². The highest BCUT2D eigenvalue weighted by Crippen LogP contribution is 2.22. The van der Waals surface area contributed by atoms with Crippen LogP contribution >= 0.6 is 12.2 Å². The van der Waals surface area contributed by atoms with Gasteiger partial charge < -0.3 is 4.98 Å². The predicted octanol–water partition coefficient (Wildman–Crippen LogP) is 4.03. The maximum atomic E-state index is 5.33. The highest BCUT2D eigenvalue weighted by molar-refractivity contribution is 7.71. The number of benzene rings is 1. The molecule has 1 aliphatic carbocycles.